The number of carbonyl (C=O) groups is 2. The van der Waals surface area contributed by atoms with Crippen LogP contribution in [0.3, 0.4) is 0 Å². The summed E-state index contributed by atoms with van der Waals surface area (Å²) in [6.45, 7) is 5.83. The topological polar surface area (TPSA) is 55.8 Å². The second-order valence-electron chi connectivity index (χ2n) is 8.77. The van der Waals surface area contributed by atoms with E-state index in [1.807, 2.05) is 21.5 Å². The molecule has 1 heterocycles. The van der Waals surface area contributed by atoms with Crippen molar-refractivity contribution in [1.82, 2.24) is 9.90 Å². The minimum atomic E-state index is -0.0645. The maximum absolute atomic E-state index is 13.3. The van der Waals surface area contributed by atoms with E-state index in [4.69, 9.17) is 5.21 Å². The van der Waals surface area contributed by atoms with Crippen LogP contribution in [0.15, 0.2) is 24.3 Å². The van der Waals surface area contributed by atoms with Crippen LogP contribution >= 0.6 is 0 Å². The molecule has 2 aromatic rings. The molecule has 1 aromatic heterocycles. The Labute approximate surface area is 186 Å². The molecule has 0 saturated heterocycles. The first-order valence-electron chi connectivity index (χ1n) is 12.4. The molecule has 0 spiro atoms. The van der Waals surface area contributed by atoms with Gasteiger partial charge in [0.25, 0.3) is 0 Å². The molecule has 31 heavy (non-hydrogen) atoms. The summed E-state index contributed by atoms with van der Waals surface area (Å²) in [7, 11) is 0. The maximum atomic E-state index is 13.3. The van der Waals surface area contributed by atoms with E-state index in [-0.39, 0.29) is 11.6 Å². The smallest absolute Gasteiger partial charge is 0.249 e. The molecule has 168 valence electrons. The van der Waals surface area contributed by atoms with Crippen molar-refractivity contribution in [3.63, 3.8) is 0 Å². The van der Waals surface area contributed by atoms with Crippen molar-refractivity contribution in [3.05, 3.63) is 46.8 Å². The lowest BCUT2D eigenvalue weighted by molar-refractivity contribution is -0.757. The Hall–Kier alpha value is -2.30. The average molecular weight is 425 g/mol. The zero-order valence-electron chi connectivity index (χ0n) is 19.4. The van der Waals surface area contributed by atoms with Gasteiger partial charge in [-0.05, 0) is 25.7 Å². The van der Waals surface area contributed by atoms with Gasteiger partial charge in [0.15, 0.2) is 0 Å². The highest BCUT2D eigenvalue weighted by molar-refractivity contribution is 6.26. The fraction of sp³-hybridized carbons (Fsp3) is 0.615. The molecule has 0 N–H and O–H groups in total. The highest BCUT2D eigenvalue weighted by Gasteiger charge is 2.42. The Bertz CT molecular complexity index is 815. The van der Waals surface area contributed by atoms with Gasteiger partial charge in [-0.25, -0.2) is 0 Å². The first-order chi connectivity index (χ1) is 15.2. The van der Waals surface area contributed by atoms with Gasteiger partial charge in [0, 0.05) is 11.1 Å². The van der Waals surface area contributed by atoms with Gasteiger partial charge < -0.3 is 0 Å². The highest BCUT2D eigenvalue weighted by Crippen LogP contribution is 2.25. The van der Waals surface area contributed by atoms with E-state index in [0.29, 0.717) is 35.6 Å². The summed E-state index contributed by atoms with van der Waals surface area (Å²) in [6.07, 6.45) is 14.2. The van der Waals surface area contributed by atoms with E-state index in [2.05, 4.69) is 13.8 Å². The summed E-state index contributed by atoms with van der Waals surface area (Å²) < 4.78 is 3.62. The van der Waals surface area contributed by atoms with Crippen LogP contribution < -0.4 is 4.68 Å². The Morgan fingerprint density at radius 1 is 0.742 bits per heavy atom. The molecule has 1 aromatic carbocycles. The normalized spacial score (nSPS) is 12.8. The van der Waals surface area contributed by atoms with Crippen LogP contribution in [0.1, 0.15) is 123 Å². The van der Waals surface area contributed by atoms with E-state index in [9.17, 15) is 9.59 Å². The number of fused-ring (bicyclic) bond motifs is 2. The van der Waals surface area contributed by atoms with E-state index in [1.54, 1.807) is 12.1 Å². The van der Waals surface area contributed by atoms with Gasteiger partial charge in [0.2, 0.25) is 23.0 Å². The van der Waals surface area contributed by atoms with E-state index in [0.717, 1.165) is 25.7 Å². The highest BCUT2D eigenvalue weighted by atomic mass is 16.1. The van der Waals surface area contributed by atoms with E-state index < -0.39 is 0 Å². The number of benzene rings is 1. The third kappa shape index (κ3) is 5.69. The van der Waals surface area contributed by atoms with Crippen LogP contribution in [0.4, 0.5) is 0 Å². The number of aromatic nitrogens is 3. The number of unbranched alkanes of at least 4 members (excludes halogenated alkanes) is 10. The van der Waals surface area contributed by atoms with E-state index >= 15 is 0 Å². The average Bonchev–Trinajstić information content (AvgIpc) is 3.15. The molecule has 3 rings (SSSR count). The molecule has 0 atom stereocenters. The van der Waals surface area contributed by atoms with Crippen molar-refractivity contribution in [2.24, 2.45) is 0 Å². The van der Waals surface area contributed by atoms with Crippen molar-refractivity contribution in [3.8, 4) is 0 Å². The molecule has 0 amide bonds. The second-order valence-corrected chi connectivity index (χ2v) is 8.77. The van der Waals surface area contributed by atoms with Crippen LogP contribution in [-0.2, 0) is 13.1 Å². The van der Waals surface area contributed by atoms with Crippen LogP contribution in [0.25, 0.3) is 0 Å². The first-order valence-corrected chi connectivity index (χ1v) is 12.4. The van der Waals surface area contributed by atoms with Gasteiger partial charge in [0.1, 0.15) is 13.1 Å². The summed E-state index contributed by atoms with van der Waals surface area (Å²) in [4.78, 5) is 26.6. The number of ketones is 2. The predicted molar refractivity (Wildman–Crippen MR) is 122 cm³/mol. The molecule has 0 bridgehead atoms. The van der Waals surface area contributed by atoms with Gasteiger partial charge in [-0.2, -0.15) is 0 Å². The van der Waals surface area contributed by atoms with Crippen molar-refractivity contribution < 1.29 is 14.3 Å². The minimum absolute atomic E-state index is 0.0645. The molecular weight excluding hydrogens is 386 g/mol. The zero-order valence-corrected chi connectivity index (χ0v) is 19.4. The summed E-state index contributed by atoms with van der Waals surface area (Å²) in [6, 6.07) is 7.18. The van der Waals surface area contributed by atoms with Gasteiger partial charge in [-0.1, -0.05) is 89.5 Å². The minimum Gasteiger partial charge on any atom is -0.284 e. The van der Waals surface area contributed by atoms with E-state index in [1.165, 1.54) is 51.4 Å². The summed E-state index contributed by atoms with van der Waals surface area (Å²) >= 11 is 0. The summed E-state index contributed by atoms with van der Waals surface area (Å²) in [5.74, 6) is -0.129. The molecular formula is C26H38N3O2+. The number of nitrogens with zero attached hydrogens (tertiary/aromatic N) is 3. The number of aryl methyl sites for hydroxylation is 2. The number of rotatable bonds is 14. The van der Waals surface area contributed by atoms with Gasteiger partial charge >= 0.3 is 0 Å². The van der Waals surface area contributed by atoms with Crippen molar-refractivity contribution in [2.45, 2.75) is 104 Å². The van der Waals surface area contributed by atoms with Crippen molar-refractivity contribution >= 4 is 11.6 Å². The molecule has 0 aliphatic heterocycles. The fourth-order valence-corrected chi connectivity index (χ4v) is 4.44. The molecule has 0 saturated carbocycles. The SMILES string of the molecule is CCCCCCCCn1n[n+](CCCCCCCC)c2c1C(=O)c1ccccc1C2=O. The predicted octanol–water partition coefficient (Wildman–Crippen LogP) is 5.67. The first kappa shape index (κ1) is 23.4. The standard InChI is InChI=1S/C26H38N3O2/c1-3-5-7-9-11-15-19-28-23-24(29(27-28)20-16-12-10-8-6-4-2)26(31)22-18-14-13-17-21(22)25(23)30/h13-14,17-18H,3-12,15-16,19-20H2,1-2H3/q+1. The Morgan fingerprint density at radius 3 is 1.94 bits per heavy atom. The molecule has 1 aliphatic carbocycles. The number of hydrogen-bond donors (Lipinski definition) is 0. The van der Waals surface area contributed by atoms with Gasteiger partial charge in [-0.15, -0.1) is 9.36 Å². The number of hydrogen-bond acceptors (Lipinski definition) is 3. The maximum Gasteiger partial charge on any atom is 0.249 e. The van der Waals surface area contributed by atoms with Crippen LogP contribution in [0.5, 0.6) is 0 Å². The molecule has 0 unspecified atom stereocenters. The van der Waals surface area contributed by atoms with Crippen LogP contribution in [-0.4, -0.2) is 21.5 Å². The Balaban J connectivity index is 1.75. The van der Waals surface area contributed by atoms with Gasteiger partial charge in [0.05, 0.1) is 5.21 Å². The lowest BCUT2D eigenvalue weighted by atomic mass is 9.90. The zero-order chi connectivity index (χ0) is 22.1. The third-order valence-electron chi connectivity index (χ3n) is 6.25. The second kappa shape index (κ2) is 11.9. The Morgan fingerprint density at radius 2 is 1.29 bits per heavy atom. The molecule has 1 aliphatic rings. The van der Waals surface area contributed by atoms with Crippen LogP contribution in [0, 0.1) is 0 Å². The number of carbonyl (C=O) groups excluding carboxylic acids is 2. The molecule has 5 nitrogen and oxygen atoms in total. The van der Waals surface area contributed by atoms with Crippen molar-refractivity contribution in [1.29, 1.82) is 0 Å². The summed E-state index contributed by atoms with van der Waals surface area (Å²) in [5, 5.41) is 4.74. The van der Waals surface area contributed by atoms with Gasteiger partial charge in [-0.3, -0.25) is 9.59 Å². The molecule has 0 fully saturated rings. The lowest BCUT2D eigenvalue weighted by Crippen LogP contribution is -2.43. The largest absolute Gasteiger partial charge is 0.284 e. The molecule has 0 radical (unpaired) electrons. The fourth-order valence-electron chi connectivity index (χ4n) is 4.44. The monoisotopic (exact) mass is 424 g/mol. The Kier molecular flexibility index (Phi) is 8.98. The molecule has 5 heteroatoms. The summed E-state index contributed by atoms with van der Waals surface area (Å²) in [5.41, 5.74) is 2.00. The van der Waals surface area contributed by atoms with Crippen molar-refractivity contribution in [2.75, 3.05) is 0 Å². The van der Waals surface area contributed by atoms with Crippen LogP contribution in [0.2, 0.25) is 0 Å². The quantitative estimate of drug-likeness (QED) is 0.248. The lowest BCUT2D eigenvalue weighted by Gasteiger charge is -2.11. The third-order valence-corrected chi connectivity index (χ3v) is 6.25.